The fourth-order valence-corrected chi connectivity index (χ4v) is 9.09. The fourth-order valence-electron chi connectivity index (χ4n) is 5.30. The summed E-state index contributed by atoms with van der Waals surface area (Å²) < 4.78 is 32.8. The third-order valence-corrected chi connectivity index (χ3v) is 10.1. The molecule has 0 radical (unpaired) electrons. The third-order valence-electron chi connectivity index (χ3n) is 6.62. The first-order chi connectivity index (χ1) is 14.1. The fraction of sp³-hybridized carbons (Fsp3) is 0.250. The van der Waals surface area contributed by atoms with E-state index < -0.39 is 9.84 Å². The quantitative estimate of drug-likeness (QED) is 0.432. The standard InChI is InChI=1S/C24H20O3S2/c25-29(26,15-16-7-2-1-3-8-16)23-17-13-24(23,14-17)18-9-6-11-20-22(18)28-21-12-5-4-10-19(21)27-20/h1-12,17,23H,13-15H2. The van der Waals surface area contributed by atoms with Gasteiger partial charge in [-0.15, -0.1) is 0 Å². The highest BCUT2D eigenvalue weighted by Crippen LogP contribution is 2.70. The van der Waals surface area contributed by atoms with Gasteiger partial charge in [0.2, 0.25) is 0 Å². The molecule has 3 aliphatic carbocycles. The number of para-hydroxylation sites is 1. The van der Waals surface area contributed by atoms with Crippen LogP contribution in [0.2, 0.25) is 0 Å². The molecule has 1 aliphatic heterocycles. The highest BCUT2D eigenvalue weighted by molar-refractivity contribution is 7.99. The summed E-state index contributed by atoms with van der Waals surface area (Å²) >= 11 is 1.71. The lowest BCUT2D eigenvalue weighted by molar-refractivity contribution is -0.0216. The van der Waals surface area contributed by atoms with Crippen LogP contribution in [0.5, 0.6) is 11.5 Å². The third kappa shape index (κ3) is 2.53. The van der Waals surface area contributed by atoms with Crippen LogP contribution < -0.4 is 4.74 Å². The zero-order chi connectivity index (χ0) is 19.6. The first-order valence-electron chi connectivity index (χ1n) is 9.91. The molecule has 0 spiro atoms. The monoisotopic (exact) mass is 420 g/mol. The summed E-state index contributed by atoms with van der Waals surface area (Å²) in [6.45, 7) is 0. The van der Waals surface area contributed by atoms with Gasteiger partial charge in [0.05, 0.1) is 20.8 Å². The summed E-state index contributed by atoms with van der Waals surface area (Å²) in [5.41, 5.74) is 1.76. The van der Waals surface area contributed by atoms with E-state index in [1.54, 1.807) is 11.8 Å². The van der Waals surface area contributed by atoms with E-state index >= 15 is 0 Å². The second-order valence-electron chi connectivity index (χ2n) is 8.32. The highest BCUT2D eigenvalue weighted by Gasteiger charge is 2.71. The van der Waals surface area contributed by atoms with Gasteiger partial charge in [0.15, 0.2) is 9.84 Å². The predicted octanol–water partition coefficient (Wildman–Crippen LogP) is 5.59. The lowest BCUT2D eigenvalue weighted by atomic mass is 9.41. The smallest absolute Gasteiger partial charge is 0.158 e. The van der Waals surface area contributed by atoms with Gasteiger partial charge >= 0.3 is 0 Å². The molecule has 7 rings (SSSR count). The Kier molecular flexibility index (Phi) is 3.72. The molecule has 146 valence electrons. The van der Waals surface area contributed by atoms with Crippen LogP contribution in [0.1, 0.15) is 24.0 Å². The van der Waals surface area contributed by atoms with Crippen molar-refractivity contribution in [3.63, 3.8) is 0 Å². The number of ether oxygens (including phenoxy) is 1. The molecular weight excluding hydrogens is 400 g/mol. The van der Waals surface area contributed by atoms with Gasteiger partial charge in [0.1, 0.15) is 11.5 Å². The van der Waals surface area contributed by atoms with Crippen LogP contribution >= 0.6 is 11.8 Å². The van der Waals surface area contributed by atoms with Crippen molar-refractivity contribution in [1.29, 1.82) is 0 Å². The largest absolute Gasteiger partial charge is 0.455 e. The summed E-state index contributed by atoms with van der Waals surface area (Å²) in [6, 6.07) is 23.7. The summed E-state index contributed by atoms with van der Waals surface area (Å²) in [5, 5.41) is -0.278. The van der Waals surface area contributed by atoms with Crippen molar-refractivity contribution in [2.45, 2.75) is 39.1 Å². The molecular formula is C24H20O3S2. The first kappa shape index (κ1) is 17.6. The Labute approximate surface area is 175 Å². The van der Waals surface area contributed by atoms with E-state index in [0.717, 1.165) is 45.3 Å². The number of fused-ring (bicyclic) bond motifs is 2. The highest BCUT2D eigenvalue weighted by atomic mass is 32.2. The van der Waals surface area contributed by atoms with Crippen molar-refractivity contribution < 1.29 is 13.2 Å². The molecule has 3 aromatic rings. The Hall–Kier alpha value is -2.24. The Morgan fingerprint density at radius 2 is 1.62 bits per heavy atom. The van der Waals surface area contributed by atoms with Crippen LogP contribution in [0.15, 0.2) is 82.6 Å². The van der Waals surface area contributed by atoms with Gasteiger partial charge < -0.3 is 4.74 Å². The molecule has 29 heavy (non-hydrogen) atoms. The topological polar surface area (TPSA) is 43.4 Å². The molecule has 0 aromatic heterocycles. The SMILES string of the molecule is O=S(=O)(Cc1ccccc1)C1C2CC1(c1cccc3c1Sc1ccccc1O3)C2. The van der Waals surface area contributed by atoms with E-state index in [1.165, 1.54) is 0 Å². The van der Waals surface area contributed by atoms with Crippen LogP contribution in [0.4, 0.5) is 0 Å². The molecule has 3 saturated carbocycles. The number of sulfone groups is 1. The maximum atomic E-state index is 13.3. The van der Waals surface area contributed by atoms with E-state index in [4.69, 9.17) is 4.74 Å². The molecule has 3 aromatic carbocycles. The predicted molar refractivity (Wildman–Crippen MR) is 114 cm³/mol. The van der Waals surface area contributed by atoms with Crippen molar-refractivity contribution in [3.8, 4) is 11.5 Å². The minimum absolute atomic E-state index is 0.123. The summed E-state index contributed by atoms with van der Waals surface area (Å²) in [5.74, 6) is 2.13. The minimum atomic E-state index is -3.22. The van der Waals surface area contributed by atoms with Crippen LogP contribution in [0.3, 0.4) is 0 Å². The molecule has 0 amide bonds. The van der Waals surface area contributed by atoms with Crippen molar-refractivity contribution in [1.82, 2.24) is 0 Å². The summed E-state index contributed by atoms with van der Waals surface area (Å²) in [4.78, 5) is 2.17. The lowest BCUT2D eigenvalue weighted by Gasteiger charge is -2.68. The van der Waals surface area contributed by atoms with E-state index in [0.29, 0.717) is 5.92 Å². The van der Waals surface area contributed by atoms with Gasteiger partial charge in [-0.25, -0.2) is 8.42 Å². The molecule has 1 unspecified atom stereocenters. The minimum Gasteiger partial charge on any atom is -0.455 e. The Balaban J connectivity index is 1.37. The molecule has 5 heteroatoms. The lowest BCUT2D eigenvalue weighted by Crippen LogP contribution is -2.71. The molecule has 0 N–H and O–H groups in total. The maximum absolute atomic E-state index is 13.3. The number of benzene rings is 3. The molecule has 3 fully saturated rings. The molecule has 4 aliphatic rings. The second kappa shape index (κ2) is 6.13. The Morgan fingerprint density at radius 3 is 2.38 bits per heavy atom. The number of hydrogen-bond acceptors (Lipinski definition) is 4. The number of rotatable bonds is 4. The second-order valence-corrected chi connectivity index (χ2v) is 11.5. The van der Waals surface area contributed by atoms with Crippen LogP contribution in [0.25, 0.3) is 0 Å². The Bertz CT molecular complexity index is 1210. The van der Waals surface area contributed by atoms with E-state index in [1.807, 2.05) is 60.7 Å². The van der Waals surface area contributed by atoms with Crippen molar-refractivity contribution in [3.05, 3.63) is 83.9 Å². The molecule has 1 heterocycles. The van der Waals surface area contributed by atoms with Gasteiger partial charge in [-0.1, -0.05) is 66.4 Å². The zero-order valence-electron chi connectivity index (χ0n) is 15.7. The average molecular weight is 421 g/mol. The van der Waals surface area contributed by atoms with Crippen molar-refractivity contribution in [2.75, 3.05) is 0 Å². The van der Waals surface area contributed by atoms with Gasteiger partial charge in [0.25, 0.3) is 0 Å². The van der Waals surface area contributed by atoms with E-state index in [-0.39, 0.29) is 16.4 Å². The number of hydrogen-bond donors (Lipinski definition) is 0. The van der Waals surface area contributed by atoms with Crippen molar-refractivity contribution >= 4 is 21.6 Å². The van der Waals surface area contributed by atoms with Gasteiger partial charge in [-0.3, -0.25) is 0 Å². The molecule has 2 bridgehead atoms. The molecule has 3 nitrogen and oxygen atoms in total. The van der Waals surface area contributed by atoms with Crippen LogP contribution in [-0.2, 0) is 21.0 Å². The summed E-state index contributed by atoms with van der Waals surface area (Å²) in [6.07, 6.45) is 1.93. The van der Waals surface area contributed by atoms with Crippen LogP contribution in [-0.4, -0.2) is 13.7 Å². The molecule has 0 saturated heterocycles. The zero-order valence-corrected chi connectivity index (χ0v) is 17.4. The van der Waals surface area contributed by atoms with Crippen LogP contribution in [0, 0.1) is 5.92 Å². The summed E-state index contributed by atoms with van der Waals surface area (Å²) in [7, 11) is -3.22. The van der Waals surface area contributed by atoms with E-state index in [2.05, 4.69) is 12.1 Å². The first-order valence-corrected chi connectivity index (χ1v) is 12.4. The molecule has 1 atom stereocenters. The normalized spacial score (nSPS) is 26.3. The van der Waals surface area contributed by atoms with Gasteiger partial charge in [-0.2, -0.15) is 0 Å². The average Bonchev–Trinajstić information content (AvgIpc) is 2.65. The maximum Gasteiger partial charge on any atom is 0.158 e. The van der Waals surface area contributed by atoms with E-state index in [9.17, 15) is 8.42 Å². The Morgan fingerprint density at radius 1 is 0.897 bits per heavy atom. The van der Waals surface area contributed by atoms with Gasteiger partial charge in [0, 0.05) is 5.41 Å². The van der Waals surface area contributed by atoms with Gasteiger partial charge in [-0.05, 0) is 48.1 Å². The van der Waals surface area contributed by atoms with Crippen molar-refractivity contribution in [2.24, 2.45) is 5.92 Å².